The van der Waals surface area contributed by atoms with Crippen LogP contribution < -0.4 is 0 Å². The van der Waals surface area contributed by atoms with Gasteiger partial charge in [-0.2, -0.15) is 5.10 Å². The second-order valence-electron chi connectivity index (χ2n) is 6.63. The summed E-state index contributed by atoms with van der Waals surface area (Å²) in [6, 6.07) is 12.2. The normalized spacial score (nSPS) is 17.8. The van der Waals surface area contributed by atoms with Gasteiger partial charge in [-0.05, 0) is 37.0 Å². The minimum atomic E-state index is 0.190. The molecule has 5 heteroatoms. The second kappa shape index (κ2) is 7.05. The molecule has 3 aromatic rings. The monoisotopic (exact) mass is 334 g/mol. The molecule has 1 atom stereocenters. The molecule has 128 valence electrons. The van der Waals surface area contributed by atoms with E-state index in [4.69, 9.17) is 0 Å². The lowest BCUT2D eigenvalue weighted by Crippen LogP contribution is -2.46. The first-order chi connectivity index (χ1) is 12.3. The van der Waals surface area contributed by atoms with E-state index in [9.17, 15) is 4.79 Å². The van der Waals surface area contributed by atoms with Gasteiger partial charge in [-0.3, -0.25) is 14.5 Å². The van der Waals surface area contributed by atoms with E-state index in [0.29, 0.717) is 6.42 Å². The summed E-state index contributed by atoms with van der Waals surface area (Å²) in [6.45, 7) is 1.61. The Kier molecular flexibility index (Phi) is 4.46. The molecule has 1 saturated heterocycles. The van der Waals surface area contributed by atoms with Crippen LogP contribution in [0, 0.1) is 0 Å². The Morgan fingerprint density at radius 1 is 1.12 bits per heavy atom. The molecular weight excluding hydrogens is 312 g/mol. The molecule has 3 heterocycles. The van der Waals surface area contributed by atoms with Crippen LogP contribution in [0.2, 0.25) is 0 Å². The van der Waals surface area contributed by atoms with Crippen LogP contribution in [0.5, 0.6) is 0 Å². The predicted molar refractivity (Wildman–Crippen MR) is 97.0 cm³/mol. The van der Waals surface area contributed by atoms with Crippen LogP contribution in [-0.2, 0) is 17.8 Å². The van der Waals surface area contributed by atoms with E-state index in [0.717, 1.165) is 42.4 Å². The van der Waals surface area contributed by atoms with Gasteiger partial charge in [-0.25, -0.2) is 0 Å². The van der Waals surface area contributed by atoms with Gasteiger partial charge in [0, 0.05) is 30.5 Å². The lowest BCUT2D eigenvalue weighted by Gasteiger charge is -2.36. The number of likely N-dealkylation sites (tertiary alicyclic amines) is 1. The van der Waals surface area contributed by atoms with Crippen molar-refractivity contribution in [3.05, 3.63) is 60.6 Å². The van der Waals surface area contributed by atoms with E-state index < -0.39 is 0 Å². The first kappa shape index (κ1) is 15.8. The van der Waals surface area contributed by atoms with E-state index in [1.54, 1.807) is 12.4 Å². The Morgan fingerprint density at radius 3 is 2.92 bits per heavy atom. The smallest absolute Gasteiger partial charge is 0.227 e. The Balaban J connectivity index is 1.54. The van der Waals surface area contributed by atoms with Crippen molar-refractivity contribution in [3.63, 3.8) is 0 Å². The maximum atomic E-state index is 13.0. The van der Waals surface area contributed by atoms with Crippen LogP contribution in [-0.4, -0.2) is 38.2 Å². The molecule has 0 spiro atoms. The number of nitrogens with zero attached hydrogens (tertiary/aromatic N) is 4. The van der Waals surface area contributed by atoms with Crippen LogP contribution in [0.15, 0.2) is 55.0 Å². The molecule has 1 aliphatic rings. The highest BCUT2D eigenvalue weighted by Crippen LogP contribution is 2.22. The van der Waals surface area contributed by atoms with Crippen LogP contribution in [0.4, 0.5) is 0 Å². The number of pyridine rings is 1. The zero-order valence-corrected chi connectivity index (χ0v) is 14.2. The lowest BCUT2D eigenvalue weighted by atomic mass is 10.00. The van der Waals surface area contributed by atoms with Crippen molar-refractivity contribution in [1.29, 1.82) is 0 Å². The number of hydrogen-bond donors (Lipinski definition) is 0. The number of rotatable bonds is 4. The van der Waals surface area contributed by atoms with Crippen molar-refractivity contribution in [2.45, 2.75) is 38.3 Å². The van der Waals surface area contributed by atoms with E-state index in [2.05, 4.69) is 10.1 Å². The number of benzene rings is 1. The fourth-order valence-electron chi connectivity index (χ4n) is 3.72. The third-order valence-electron chi connectivity index (χ3n) is 4.96. The van der Waals surface area contributed by atoms with Crippen molar-refractivity contribution in [3.8, 4) is 0 Å². The Hall–Kier alpha value is -2.69. The maximum absolute atomic E-state index is 13.0. The molecule has 5 nitrogen and oxygen atoms in total. The third kappa shape index (κ3) is 3.40. The molecule has 1 amide bonds. The van der Waals surface area contributed by atoms with E-state index in [-0.39, 0.29) is 11.9 Å². The minimum absolute atomic E-state index is 0.190. The van der Waals surface area contributed by atoms with Gasteiger partial charge in [-0.15, -0.1) is 0 Å². The quantitative estimate of drug-likeness (QED) is 0.737. The Labute approximate surface area is 147 Å². The number of fused-ring (bicyclic) bond motifs is 1. The largest absolute Gasteiger partial charge is 0.338 e. The summed E-state index contributed by atoms with van der Waals surface area (Å²) in [4.78, 5) is 19.5. The molecule has 0 N–H and O–H groups in total. The zero-order chi connectivity index (χ0) is 17.1. The highest BCUT2D eigenvalue weighted by Gasteiger charge is 2.27. The highest BCUT2D eigenvalue weighted by molar-refractivity contribution is 5.87. The summed E-state index contributed by atoms with van der Waals surface area (Å²) in [5.74, 6) is 0.190. The van der Waals surface area contributed by atoms with Gasteiger partial charge in [-0.1, -0.05) is 24.3 Å². The SMILES string of the molecule is O=C(Cc1cccc2cccnc12)N1CCCC[C@H]1Cn1cccn1. The summed E-state index contributed by atoms with van der Waals surface area (Å²) in [6.07, 6.45) is 9.24. The molecule has 0 saturated carbocycles. The van der Waals surface area contributed by atoms with E-state index in [1.807, 2.05) is 52.2 Å². The van der Waals surface area contributed by atoms with Crippen LogP contribution >= 0.6 is 0 Å². The topological polar surface area (TPSA) is 51.0 Å². The van der Waals surface area contributed by atoms with Crippen LogP contribution in [0.1, 0.15) is 24.8 Å². The summed E-state index contributed by atoms with van der Waals surface area (Å²) in [5, 5.41) is 5.38. The second-order valence-corrected chi connectivity index (χ2v) is 6.63. The molecule has 1 fully saturated rings. The molecule has 0 unspecified atom stereocenters. The zero-order valence-electron chi connectivity index (χ0n) is 14.2. The Morgan fingerprint density at radius 2 is 2.04 bits per heavy atom. The fraction of sp³-hybridized carbons (Fsp3) is 0.350. The molecule has 4 rings (SSSR count). The standard InChI is InChI=1S/C20H22N4O/c25-19(14-17-7-3-6-16-8-4-10-21-20(16)17)24-13-2-1-9-18(24)15-23-12-5-11-22-23/h3-8,10-12,18H,1-2,9,13-15H2/t18-/m0/s1. The van der Waals surface area contributed by atoms with E-state index in [1.165, 1.54) is 6.42 Å². The van der Waals surface area contributed by atoms with Crippen molar-refractivity contribution in [2.75, 3.05) is 6.54 Å². The van der Waals surface area contributed by atoms with Crippen molar-refractivity contribution < 1.29 is 4.79 Å². The van der Waals surface area contributed by atoms with Crippen LogP contribution in [0.3, 0.4) is 0 Å². The van der Waals surface area contributed by atoms with E-state index >= 15 is 0 Å². The van der Waals surface area contributed by atoms with Gasteiger partial charge >= 0.3 is 0 Å². The summed E-state index contributed by atoms with van der Waals surface area (Å²) >= 11 is 0. The molecule has 0 bridgehead atoms. The Bertz CT molecular complexity index is 854. The number of amides is 1. The number of carbonyl (C=O) groups is 1. The van der Waals surface area contributed by atoms with Gasteiger partial charge in [0.2, 0.25) is 5.91 Å². The lowest BCUT2D eigenvalue weighted by molar-refractivity contribution is -0.134. The number of piperidine rings is 1. The van der Waals surface area contributed by atoms with Gasteiger partial charge < -0.3 is 4.90 Å². The molecule has 1 aromatic carbocycles. The summed E-state index contributed by atoms with van der Waals surface area (Å²) in [7, 11) is 0. The van der Waals surface area contributed by atoms with Crippen LogP contribution in [0.25, 0.3) is 10.9 Å². The number of carbonyl (C=O) groups excluding carboxylic acids is 1. The number of aromatic nitrogens is 3. The predicted octanol–water partition coefficient (Wildman–Crippen LogP) is 3.06. The molecule has 1 aliphatic heterocycles. The molecule has 0 radical (unpaired) electrons. The fourth-order valence-corrected chi connectivity index (χ4v) is 3.72. The van der Waals surface area contributed by atoms with Crippen molar-refractivity contribution in [1.82, 2.24) is 19.7 Å². The number of hydrogen-bond acceptors (Lipinski definition) is 3. The van der Waals surface area contributed by atoms with Crippen molar-refractivity contribution >= 4 is 16.8 Å². The summed E-state index contributed by atoms with van der Waals surface area (Å²) < 4.78 is 1.93. The van der Waals surface area contributed by atoms with Gasteiger partial charge in [0.25, 0.3) is 0 Å². The third-order valence-corrected chi connectivity index (χ3v) is 4.96. The summed E-state index contributed by atoms with van der Waals surface area (Å²) in [5.41, 5.74) is 1.94. The average molecular weight is 334 g/mol. The van der Waals surface area contributed by atoms with Crippen molar-refractivity contribution in [2.24, 2.45) is 0 Å². The molecule has 25 heavy (non-hydrogen) atoms. The van der Waals surface area contributed by atoms with Gasteiger partial charge in [0.05, 0.1) is 24.5 Å². The highest BCUT2D eigenvalue weighted by atomic mass is 16.2. The maximum Gasteiger partial charge on any atom is 0.227 e. The van der Waals surface area contributed by atoms with Gasteiger partial charge in [0.15, 0.2) is 0 Å². The first-order valence-electron chi connectivity index (χ1n) is 8.91. The first-order valence-corrected chi connectivity index (χ1v) is 8.91. The van der Waals surface area contributed by atoms with Gasteiger partial charge in [0.1, 0.15) is 0 Å². The molecule has 2 aromatic heterocycles. The molecule has 0 aliphatic carbocycles. The number of para-hydroxylation sites is 1. The minimum Gasteiger partial charge on any atom is -0.338 e. The molecular formula is C20H22N4O. The average Bonchev–Trinajstić information content (AvgIpc) is 3.15.